The fraction of sp³-hybridized carbons (Fsp3) is 0.857. The van der Waals surface area contributed by atoms with Crippen LogP contribution in [0.5, 0.6) is 0 Å². The van der Waals surface area contributed by atoms with E-state index in [0.717, 1.165) is 32.4 Å². The van der Waals surface area contributed by atoms with Gasteiger partial charge in [-0.05, 0) is 25.8 Å². The van der Waals surface area contributed by atoms with Gasteiger partial charge in [-0.1, -0.05) is 0 Å². The molecule has 0 spiro atoms. The lowest BCUT2D eigenvalue weighted by Crippen LogP contribution is -2.44. The van der Waals surface area contributed by atoms with Crippen molar-refractivity contribution in [3.63, 3.8) is 0 Å². The van der Waals surface area contributed by atoms with Crippen molar-refractivity contribution >= 4 is 11.8 Å². The van der Waals surface area contributed by atoms with Crippen LogP contribution in [0.4, 0.5) is 0 Å². The van der Waals surface area contributed by atoms with Crippen LogP contribution in [-0.4, -0.2) is 76.4 Å². The first-order valence-corrected chi connectivity index (χ1v) is 7.60. The summed E-state index contributed by atoms with van der Waals surface area (Å²) >= 11 is 0. The summed E-state index contributed by atoms with van der Waals surface area (Å²) in [7, 11) is 1.64. The average molecular weight is 301 g/mol. The molecule has 0 atom stereocenters. The fourth-order valence-electron chi connectivity index (χ4n) is 2.04. The minimum Gasteiger partial charge on any atom is -0.382 e. The van der Waals surface area contributed by atoms with Crippen molar-refractivity contribution in [2.45, 2.75) is 19.3 Å². The van der Waals surface area contributed by atoms with E-state index >= 15 is 0 Å². The van der Waals surface area contributed by atoms with Crippen LogP contribution in [0.2, 0.25) is 0 Å². The summed E-state index contributed by atoms with van der Waals surface area (Å²) < 4.78 is 10.2. The molecule has 122 valence electrons. The van der Waals surface area contributed by atoms with E-state index < -0.39 is 11.8 Å². The van der Waals surface area contributed by atoms with Gasteiger partial charge < -0.3 is 25.0 Å². The number of rotatable bonds is 8. The van der Waals surface area contributed by atoms with Crippen LogP contribution in [0.25, 0.3) is 0 Å². The number of unbranched alkanes of at least 4 members (excludes halogenated alkanes) is 1. The molecule has 0 aliphatic carbocycles. The molecule has 0 saturated carbocycles. The topological polar surface area (TPSA) is 79.9 Å². The number of ether oxygens (including phenoxy) is 2. The summed E-state index contributed by atoms with van der Waals surface area (Å²) in [5.74, 6) is -0.924. The average Bonchev–Trinajstić information content (AvgIpc) is 2.78. The Morgan fingerprint density at radius 1 is 1.14 bits per heavy atom. The Hall–Kier alpha value is -1.18. The first-order chi connectivity index (χ1) is 10.3. The normalized spacial score (nSPS) is 15.6. The largest absolute Gasteiger partial charge is 0.382 e. The number of methoxy groups -OCH3 is 1. The number of nitrogens with zero attached hydrogens (tertiary/aromatic N) is 1. The predicted octanol–water partition coefficient (Wildman–Crippen LogP) is -0.632. The van der Waals surface area contributed by atoms with Crippen LogP contribution >= 0.6 is 0 Å². The van der Waals surface area contributed by atoms with E-state index in [1.54, 1.807) is 12.0 Å². The van der Waals surface area contributed by atoms with Crippen molar-refractivity contribution < 1.29 is 19.1 Å². The van der Waals surface area contributed by atoms with Gasteiger partial charge in [-0.2, -0.15) is 0 Å². The number of carbonyl (C=O) groups excluding carboxylic acids is 2. The molecule has 2 amide bonds. The Morgan fingerprint density at radius 2 is 2.00 bits per heavy atom. The second-order valence-corrected chi connectivity index (χ2v) is 4.96. The van der Waals surface area contributed by atoms with Crippen molar-refractivity contribution in [1.29, 1.82) is 0 Å². The summed E-state index contributed by atoms with van der Waals surface area (Å²) in [5.41, 5.74) is 0. The number of hydrogen-bond donors (Lipinski definition) is 2. The molecule has 21 heavy (non-hydrogen) atoms. The van der Waals surface area contributed by atoms with Crippen molar-refractivity contribution in [3.8, 4) is 0 Å². The lowest BCUT2D eigenvalue weighted by Gasteiger charge is -2.19. The molecular weight excluding hydrogens is 274 g/mol. The van der Waals surface area contributed by atoms with Gasteiger partial charge >= 0.3 is 11.8 Å². The Morgan fingerprint density at radius 3 is 2.81 bits per heavy atom. The van der Waals surface area contributed by atoms with E-state index in [-0.39, 0.29) is 0 Å². The number of nitrogens with one attached hydrogen (secondary N) is 2. The van der Waals surface area contributed by atoms with Crippen LogP contribution in [-0.2, 0) is 19.1 Å². The minimum atomic E-state index is -0.503. The lowest BCUT2D eigenvalue weighted by molar-refractivity contribution is -0.145. The SMILES string of the molecule is COCCOCCCCNC(=O)C(=O)N1CCCNCC1. The van der Waals surface area contributed by atoms with Gasteiger partial charge in [0.1, 0.15) is 0 Å². The third-order valence-electron chi connectivity index (χ3n) is 3.25. The van der Waals surface area contributed by atoms with E-state index in [4.69, 9.17) is 9.47 Å². The smallest absolute Gasteiger partial charge is 0.311 e. The van der Waals surface area contributed by atoms with Gasteiger partial charge in [-0.15, -0.1) is 0 Å². The minimum absolute atomic E-state index is 0.421. The lowest BCUT2D eigenvalue weighted by atomic mass is 10.3. The highest BCUT2D eigenvalue weighted by molar-refractivity contribution is 6.35. The highest BCUT2D eigenvalue weighted by Crippen LogP contribution is 1.97. The maximum absolute atomic E-state index is 11.9. The molecule has 1 rings (SSSR count). The molecule has 0 aromatic heterocycles. The highest BCUT2D eigenvalue weighted by Gasteiger charge is 2.21. The molecule has 1 saturated heterocycles. The molecule has 7 heteroatoms. The molecule has 7 nitrogen and oxygen atoms in total. The van der Waals surface area contributed by atoms with Crippen molar-refractivity contribution in [3.05, 3.63) is 0 Å². The zero-order chi connectivity index (χ0) is 15.3. The number of amides is 2. The standard InChI is InChI=1S/C14H27N3O4/c1-20-11-12-21-10-3-2-6-16-13(18)14(19)17-8-4-5-15-7-9-17/h15H,2-12H2,1H3,(H,16,18). The van der Waals surface area contributed by atoms with Gasteiger partial charge in [0, 0.05) is 39.9 Å². The summed E-state index contributed by atoms with van der Waals surface area (Å²) in [5, 5.41) is 5.87. The predicted molar refractivity (Wildman–Crippen MR) is 79.0 cm³/mol. The summed E-state index contributed by atoms with van der Waals surface area (Å²) in [4.78, 5) is 25.3. The van der Waals surface area contributed by atoms with Gasteiger partial charge in [-0.25, -0.2) is 0 Å². The summed E-state index contributed by atoms with van der Waals surface area (Å²) in [6.07, 6.45) is 2.54. The second-order valence-electron chi connectivity index (χ2n) is 4.96. The Labute approximate surface area is 126 Å². The van der Waals surface area contributed by atoms with Gasteiger partial charge in [0.05, 0.1) is 13.2 Å². The van der Waals surface area contributed by atoms with Crippen LogP contribution in [0.15, 0.2) is 0 Å². The van der Waals surface area contributed by atoms with Crippen LogP contribution in [0, 0.1) is 0 Å². The highest BCUT2D eigenvalue weighted by atomic mass is 16.5. The molecule has 0 radical (unpaired) electrons. The molecule has 1 fully saturated rings. The monoisotopic (exact) mass is 301 g/mol. The van der Waals surface area contributed by atoms with E-state index in [1.165, 1.54) is 0 Å². The third kappa shape index (κ3) is 7.99. The number of carbonyl (C=O) groups is 2. The van der Waals surface area contributed by atoms with E-state index in [0.29, 0.717) is 39.5 Å². The van der Waals surface area contributed by atoms with E-state index in [9.17, 15) is 9.59 Å². The molecule has 1 heterocycles. The van der Waals surface area contributed by atoms with Gasteiger partial charge in [0.15, 0.2) is 0 Å². The molecule has 0 aromatic rings. The molecule has 0 bridgehead atoms. The van der Waals surface area contributed by atoms with Gasteiger partial charge in [0.25, 0.3) is 0 Å². The Kier molecular flexibility index (Phi) is 9.77. The van der Waals surface area contributed by atoms with Gasteiger partial charge in [0.2, 0.25) is 0 Å². The zero-order valence-corrected chi connectivity index (χ0v) is 12.9. The molecule has 2 N–H and O–H groups in total. The fourth-order valence-corrected chi connectivity index (χ4v) is 2.04. The van der Waals surface area contributed by atoms with Crippen molar-refractivity contribution in [2.75, 3.05) is 59.7 Å². The van der Waals surface area contributed by atoms with Crippen LogP contribution < -0.4 is 10.6 Å². The first-order valence-electron chi connectivity index (χ1n) is 7.60. The Bertz CT molecular complexity index is 305. The van der Waals surface area contributed by atoms with E-state index in [1.807, 2.05) is 0 Å². The quantitative estimate of drug-likeness (QED) is 0.461. The Balaban J connectivity index is 2.05. The molecule has 1 aliphatic heterocycles. The maximum Gasteiger partial charge on any atom is 0.311 e. The second kappa shape index (κ2) is 11.5. The molecule has 0 aromatic carbocycles. The van der Waals surface area contributed by atoms with Gasteiger partial charge in [-0.3, -0.25) is 9.59 Å². The summed E-state index contributed by atoms with van der Waals surface area (Å²) in [6, 6.07) is 0. The molecule has 0 unspecified atom stereocenters. The molecule has 1 aliphatic rings. The summed E-state index contributed by atoms with van der Waals surface area (Å²) in [6.45, 7) is 5.22. The van der Waals surface area contributed by atoms with Crippen LogP contribution in [0.1, 0.15) is 19.3 Å². The van der Waals surface area contributed by atoms with Crippen LogP contribution in [0.3, 0.4) is 0 Å². The maximum atomic E-state index is 11.9. The number of hydrogen-bond acceptors (Lipinski definition) is 5. The van der Waals surface area contributed by atoms with E-state index in [2.05, 4.69) is 10.6 Å². The zero-order valence-electron chi connectivity index (χ0n) is 12.9. The van der Waals surface area contributed by atoms with Crippen molar-refractivity contribution in [2.24, 2.45) is 0 Å². The molecular formula is C14H27N3O4. The first kappa shape index (κ1) is 17.9. The third-order valence-corrected chi connectivity index (χ3v) is 3.25. The van der Waals surface area contributed by atoms with Crippen molar-refractivity contribution in [1.82, 2.24) is 15.5 Å².